The summed E-state index contributed by atoms with van der Waals surface area (Å²) in [6.45, 7) is 0.696. The molecule has 1 aromatic rings. The molecule has 0 aliphatic heterocycles. The van der Waals surface area contributed by atoms with E-state index in [1.165, 1.54) is 18.6 Å². The summed E-state index contributed by atoms with van der Waals surface area (Å²) in [5.74, 6) is 6.10. The van der Waals surface area contributed by atoms with Crippen molar-refractivity contribution in [3.8, 4) is 0 Å². The van der Waals surface area contributed by atoms with E-state index in [1.807, 2.05) is 26.0 Å². The number of hydrogen-bond donors (Lipinski definition) is 2. The third-order valence-electron chi connectivity index (χ3n) is 4.33. The minimum atomic E-state index is -0.414. The molecule has 0 radical (unpaired) electrons. The molecule has 1 aromatic heterocycles. The second-order valence-electron chi connectivity index (χ2n) is 5.77. The van der Waals surface area contributed by atoms with Crippen molar-refractivity contribution < 1.29 is 4.92 Å². The Morgan fingerprint density at radius 3 is 2.52 bits per heavy atom. The maximum Gasteiger partial charge on any atom is 0.311 e. The smallest absolute Gasteiger partial charge is 0.311 e. The highest BCUT2D eigenvalue weighted by Gasteiger charge is 2.40. The molecule has 3 N–H and O–H groups in total. The normalized spacial score (nSPS) is 16.4. The van der Waals surface area contributed by atoms with Crippen molar-refractivity contribution in [1.29, 1.82) is 0 Å². The van der Waals surface area contributed by atoms with Gasteiger partial charge in [0.05, 0.1) is 4.92 Å². The molecule has 1 aliphatic carbocycles. The van der Waals surface area contributed by atoms with Crippen molar-refractivity contribution in [2.45, 2.75) is 24.8 Å². The topological polar surface area (TPSA) is 101 Å². The van der Waals surface area contributed by atoms with Gasteiger partial charge in [-0.3, -0.25) is 10.1 Å². The number of nitrogens with two attached hydrogens (primary N) is 1. The van der Waals surface area contributed by atoms with Gasteiger partial charge in [-0.1, -0.05) is 0 Å². The Bertz CT molecular complexity index is 529. The fraction of sp³-hybridized carbons (Fsp3) is 0.615. The molecule has 1 heterocycles. The zero-order valence-corrected chi connectivity index (χ0v) is 12.7. The van der Waals surface area contributed by atoms with Crippen molar-refractivity contribution in [2.24, 2.45) is 5.84 Å². The van der Waals surface area contributed by atoms with E-state index in [4.69, 9.17) is 5.84 Å². The molecule has 0 aromatic carbocycles. The van der Waals surface area contributed by atoms with Gasteiger partial charge < -0.3 is 15.2 Å². The minimum absolute atomic E-state index is 0.00951. The second-order valence-corrected chi connectivity index (χ2v) is 5.77. The van der Waals surface area contributed by atoms with Crippen LogP contribution in [0.15, 0.2) is 12.1 Å². The predicted octanol–water partition coefficient (Wildman–Crippen LogP) is 1.20. The average Bonchev–Trinajstić information content (AvgIpc) is 2.41. The van der Waals surface area contributed by atoms with E-state index >= 15 is 0 Å². The first kappa shape index (κ1) is 15.5. The van der Waals surface area contributed by atoms with Gasteiger partial charge in [-0.2, -0.15) is 0 Å². The summed E-state index contributed by atoms with van der Waals surface area (Å²) in [5.41, 5.74) is 2.49. The van der Waals surface area contributed by atoms with E-state index in [1.54, 1.807) is 0 Å². The summed E-state index contributed by atoms with van der Waals surface area (Å²) >= 11 is 0. The van der Waals surface area contributed by atoms with Gasteiger partial charge in [0.1, 0.15) is 5.82 Å². The Kier molecular flexibility index (Phi) is 4.29. The lowest BCUT2D eigenvalue weighted by molar-refractivity contribution is -0.384. The fourth-order valence-corrected chi connectivity index (χ4v) is 2.79. The van der Waals surface area contributed by atoms with Crippen LogP contribution in [0.25, 0.3) is 0 Å². The maximum atomic E-state index is 11.2. The summed E-state index contributed by atoms with van der Waals surface area (Å²) < 4.78 is 0. The SMILES string of the molecule is CN(CC1(N(C)C)CCC1)c1nc(NN)ccc1[N+](=O)[O-]. The van der Waals surface area contributed by atoms with Crippen LogP contribution in [0.5, 0.6) is 0 Å². The zero-order valence-electron chi connectivity index (χ0n) is 12.7. The number of nitro groups is 1. The molecule has 0 bridgehead atoms. The Hall–Kier alpha value is -1.93. The van der Waals surface area contributed by atoms with Crippen LogP contribution >= 0.6 is 0 Å². The lowest BCUT2D eigenvalue weighted by Gasteiger charge is -2.49. The average molecular weight is 294 g/mol. The Morgan fingerprint density at radius 1 is 1.43 bits per heavy atom. The standard InChI is InChI=1S/C13H22N6O2/c1-17(2)13(7-4-8-13)9-18(3)12-10(19(20)21)5-6-11(15-12)16-14/h5-6H,4,7-9,14H2,1-3H3,(H,15,16). The number of rotatable bonds is 6. The van der Waals surface area contributed by atoms with Gasteiger partial charge in [-0.15, -0.1) is 0 Å². The Labute approximate surface area is 124 Å². The molecule has 1 aliphatic rings. The number of aromatic nitrogens is 1. The molecular formula is C13H22N6O2. The van der Waals surface area contributed by atoms with Crippen LogP contribution in [-0.2, 0) is 0 Å². The first-order valence-electron chi connectivity index (χ1n) is 6.90. The van der Waals surface area contributed by atoms with Crippen molar-refractivity contribution in [2.75, 3.05) is 38.0 Å². The van der Waals surface area contributed by atoms with Crippen LogP contribution in [0.3, 0.4) is 0 Å². The van der Waals surface area contributed by atoms with Gasteiger partial charge in [-0.25, -0.2) is 10.8 Å². The quantitative estimate of drug-likeness (QED) is 0.462. The second kappa shape index (κ2) is 5.82. The molecule has 1 saturated carbocycles. The first-order chi connectivity index (χ1) is 9.89. The molecule has 0 unspecified atom stereocenters. The molecule has 0 spiro atoms. The number of likely N-dealkylation sites (N-methyl/N-ethyl adjacent to an activating group) is 2. The van der Waals surface area contributed by atoms with Crippen LogP contribution in [0.4, 0.5) is 17.3 Å². The van der Waals surface area contributed by atoms with Gasteiger partial charge in [0.25, 0.3) is 0 Å². The summed E-state index contributed by atoms with van der Waals surface area (Å²) in [4.78, 5) is 19.1. The molecule has 116 valence electrons. The van der Waals surface area contributed by atoms with E-state index < -0.39 is 4.92 Å². The third-order valence-corrected chi connectivity index (χ3v) is 4.33. The largest absolute Gasteiger partial charge is 0.352 e. The van der Waals surface area contributed by atoms with E-state index in [2.05, 4.69) is 15.3 Å². The van der Waals surface area contributed by atoms with Crippen LogP contribution in [-0.4, -0.2) is 48.0 Å². The van der Waals surface area contributed by atoms with Crippen molar-refractivity contribution >= 4 is 17.3 Å². The van der Waals surface area contributed by atoms with E-state index in [0.717, 1.165) is 12.8 Å². The minimum Gasteiger partial charge on any atom is -0.352 e. The summed E-state index contributed by atoms with van der Waals surface area (Å²) in [5, 5.41) is 11.2. The molecule has 8 nitrogen and oxygen atoms in total. The number of nitrogens with zero attached hydrogens (tertiary/aromatic N) is 4. The zero-order chi connectivity index (χ0) is 15.6. The predicted molar refractivity (Wildman–Crippen MR) is 82.2 cm³/mol. The van der Waals surface area contributed by atoms with Crippen molar-refractivity contribution in [3.63, 3.8) is 0 Å². The van der Waals surface area contributed by atoms with Crippen LogP contribution in [0, 0.1) is 10.1 Å². The van der Waals surface area contributed by atoms with Crippen molar-refractivity contribution in [1.82, 2.24) is 9.88 Å². The Morgan fingerprint density at radius 2 is 2.10 bits per heavy atom. The number of pyridine rings is 1. The Balaban J connectivity index is 2.29. The monoisotopic (exact) mass is 294 g/mol. The van der Waals surface area contributed by atoms with Crippen LogP contribution in [0.1, 0.15) is 19.3 Å². The lowest BCUT2D eigenvalue weighted by Crippen LogP contribution is -2.56. The van der Waals surface area contributed by atoms with E-state index in [-0.39, 0.29) is 11.2 Å². The summed E-state index contributed by atoms with van der Waals surface area (Å²) in [6.07, 6.45) is 3.37. The molecule has 0 atom stereocenters. The van der Waals surface area contributed by atoms with Gasteiger partial charge in [0.2, 0.25) is 5.82 Å². The molecular weight excluding hydrogens is 272 g/mol. The summed E-state index contributed by atoms with van der Waals surface area (Å²) in [7, 11) is 5.93. The molecule has 21 heavy (non-hydrogen) atoms. The van der Waals surface area contributed by atoms with Crippen LogP contribution in [0.2, 0.25) is 0 Å². The maximum absolute atomic E-state index is 11.2. The van der Waals surface area contributed by atoms with Crippen molar-refractivity contribution in [3.05, 3.63) is 22.2 Å². The highest BCUT2D eigenvalue weighted by atomic mass is 16.6. The first-order valence-corrected chi connectivity index (χ1v) is 6.90. The third kappa shape index (κ3) is 2.91. The van der Waals surface area contributed by atoms with Gasteiger partial charge in [-0.05, 0) is 39.4 Å². The highest BCUT2D eigenvalue weighted by molar-refractivity contribution is 5.61. The van der Waals surface area contributed by atoms with Gasteiger partial charge in [0, 0.05) is 25.2 Å². The molecule has 0 amide bonds. The van der Waals surface area contributed by atoms with E-state index in [0.29, 0.717) is 18.2 Å². The van der Waals surface area contributed by atoms with Crippen LogP contribution < -0.4 is 16.2 Å². The highest BCUT2D eigenvalue weighted by Crippen LogP contribution is 2.38. The summed E-state index contributed by atoms with van der Waals surface area (Å²) in [6, 6.07) is 2.93. The number of nitrogen functional groups attached to an aromatic ring is 1. The number of hydrogen-bond acceptors (Lipinski definition) is 7. The van der Waals surface area contributed by atoms with Gasteiger partial charge in [0.15, 0.2) is 0 Å². The molecule has 0 saturated heterocycles. The molecule has 2 rings (SSSR count). The number of anilines is 2. The fourth-order valence-electron chi connectivity index (χ4n) is 2.79. The molecule has 1 fully saturated rings. The van der Waals surface area contributed by atoms with E-state index in [9.17, 15) is 10.1 Å². The lowest BCUT2D eigenvalue weighted by atomic mass is 9.75. The number of hydrazine groups is 1. The molecule has 8 heteroatoms. The van der Waals surface area contributed by atoms with Gasteiger partial charge >= 0.3 is 5.69 Å². The number of nitrogens with one attached hydrogen (secondary N) is 1.